The van der Waals surface area contributed by atoms with E-state index in [4.69, 9.17) is 4.74 Å². The van der Waals surface area contributed by atoms with Crippen LogP contribution in [0.15, 0.2) is 12.1 Å². The van der Waals surface area contributed by atoms with Gasteiger partial charge in [-0.15, -0.1) is 0 Å². The summed E-state index contributed by atoms with van der Waals surface area (Å²) in [6, 6.07) is 4.18. The van der Waals surface area contributed by atoms with E-state index >= 15 is 0 Å². The quantitative estimate of drug-likeness (QED) is 0.848. The monoisotopic (exact) mass is 222 g/mol. The van der Waals surface area contributed by atoms with Gasteiger partial charge in [-0.05, 0) is 43.5 Å². The van der Waals surface area contributed by atoms with Gasteiger partial charge in [0.1, 0.15) is 5.75 Å². The molecule has 0 aliphatic carbocycles. The lowest BCUT2D eigenvalue weighted by Gasteiger charge is -2.25. The van der Waals surface area contributed by atoms with Crippen LogP contribution in [0.4, 0.5) is 0 Å². The molecular weight excluding hydrogens is 200 g/mol. The van der Waals surface area contributed by atoms with Crippen LogP contribution in [0.25, 0.3) is 0 Å². The number of hydrogen-bond acceptors (Lipinski definition) is 2. The van der Waals surface area contributed by atoms with Crippen LogP contribution in [-0.4, -0.2) is 18.3 Å². The second-order valence-electron chi connectivity index (χ2n) is 4.91. The molecule has 1 aromatic carbocycles. The van der Waals surface area contributed by atoms with Gasteiger partial charge in [-0.3, -0.25) is 0 Å². The second kappa shape index (κ2) is 4.88. The maximum atomic E-state index is 9.40. The van der Waals surface area contributed by atoms with Crippen molar-refractivity contribution >= 4 is 0 Å². The summed E-state index contributed by atoms with van der Waals surface area (Å²) in [4.78, 5) is 0. The molecule has 1 rings (SSSR count). The minimum absolute atomic E-state index is 0.154. The molecule has 0 atom stereocenters. The van der Waals surface area contributed by atoms with Crippen LogP contribution in [0.1, 0.15) is 37.5 Å². The van der Waals surface area contributed by atoms with Crippen LogP contribution in [0.5, 0.6) is 5.75 Å². The van der Waals surface area contributed by atoms with Crippen molar-refractivity contribution in [2.24, 2.45) is 0 Å². The zero-order chi connectivity index (χ0) is 12.3. The molecule has 0 aromatic heterocycles. The van der Waals surface area contributed by atoms with Crippen LogP contribution in [0.3, 0.4) is 0 Å². The van der Waals surface area contributed by atoms with Crippen LogP contribution < -0.4 is 4.74 Å². The van der Waals surface area contributed by atoms with E-state index in [1.807, 2.05) is 13.8 Å². The van der Waals surface area contributed by atoms with Gasteiger partial charge in [0, 0.05) is 5.41 Å². The van der Waals surface area contributed by atoms with E-state index in [9.17, 15) is 5.11 Å². The van der Waals surface area contributed by atoms with Crippen molar-refractivity contribution in [3.05, 3.63) is 28.8 Å². The SMILES string of the molecule is CCOc1cc(C)c(C(C)(C)CO)cc1C. The number of aryl methyl sites for hydroxylation is 2. The van der Waals surface area contributed by atoms with Gasteiger partial charge in [0.15, 0.2) is 0 Å². The Hall–Kier alpha value is -1.02. The van der Waals surface area contributed by atoms with Crippen LogP contribution >= 0.6 is 0 Å². The first-order chi connectivity index (χ1) is 7.42. The molecule has 1 aromatic rings. The number of benzene rings is 1. The summed E-state index contributed by atoms with van der Waals surface area (Å²) < 4.78 is 5.56. The highest BCUT2D eigenvalue weighted by Crippen LogP contribution is 2.31. The van der Waals surface area contributed by atoms with E-state index in [0.717, 1.165) is 11.3 Å². The van der Waals surface area contributed by atoms with E-state index in [0.29, 0.717) is 6.61 Å². The van der Waals surface area contributed by atoms with Crippen LogP contribution in [0.2, 0.25) is 0 Å². The number of aliphatic hydroxyl groups is 1. The molecule has 0 aliphatic heterocycles. The molecule has 2 nitrogen and oxygen atoms in total. The van der Waals surface area contributed by atoms with Gasteiger partial charge in [-0.2, -0.15) is 0 Å². The fourth-order valence-electron chi connectivity index (χ4n) is 1.92. The zero-order valence-corrected chi connectivity index (χ0v) is 10.9. The Bertz CT molecular complexity index is 367. The van der Waals surface area contributed by atoms with Gasteiger partial charge < -0.3 is 9.84 Å². The van der Waals surface area contributed by atoms with Crippen molar-refractivity contribution < 1.29 is 9.84 Å². The summed E-state index contributed by atoms with van der Waals surface area (Å²) in [5.74, 6) is 0.942. The molecule has 0 saturated heterocycles. The summed E-state index contributed by atoms with van der Waals surface area (Å²) in [6.45, 7) is 11.0. The van der Waals surface area contributed by atoms with Gasteiger partial charge >= 0.3 is 0 Å². The highest BCUT2D eigenvalue weighted by atomic mass is 16.5. The highest BCUT2D eigenvalue weighted by Gasteiger charge is 2.22. The van der Waals surface area contributed by atoms with Gasteiger partial charge in [-0.25, -0.2) is 0 Å². The van der Waals surface area contributed by atoms with Crippen molar-refractivity contribution in [3.8, 4) is 5.75 Å². The fraction of sp³-hybridized carbons (Fsp3) is 0.571. The van der Waals surface area contributed by atoms with E-state index in [1.165, 1.54) is 11.1 Å². The summed E-state index contributed by atoms with van der Waals surface area (Å²) in [7, 11) is 0. The molecule has 0 unspecified atom stereocenters. The standard InChI is InChI=1S/C14H22O2/c1-6-16-13-8-10(2)12(7-11(13)3)14(4,5)9-15/h7-8,15H,6,9H2,1-5H3. The molecule has 1 N–H and O–H groups in total. The topological polar surface area (TPSA) is 29.5 Å². The Morgan fingerprint density at radius 2 is 1.81 bits per heavy atom. The van der Waals surface area contributed by atoms with Crippen LogP contribution in [-0.2, 0) is 5.41 Å². The third kappa shape index (κ3) is 2.56. The van der Waals surface area contributed by atoms with Gasteiger partial charge in [-0.1, -0.05) is 19.9 Å². The summed E-state index contributed by atoms with van der Waals surface area (Å²) in [6.07, 6.45) is 0. The highest BCUT2D eigenvalue weighted by molar-refractivity contribution is 5.44. The fourth-order valence-corrected chi connectivity index (χ4v) is 1.92. The molecular formula is C14H22O2. The van der Waals surface area contributed by atoms with Crippen molar-refractivity contribution in [1.82, 2.24) is 0 Å². The molecule has 0 bridgehead atoms. The molecule has 2 heteroatoms. The minimum atomic E-state index is -0.195. The van der Waals surface area contributed by atoms with Crippen molar-refractivity contribution in [1.29, 1.82) is 0 Å². The molecule has 0 radical (unpaired) electrons. The lowest BCUT2D eigenvalue weighted by atomic mass is 9.82. The van der Waals surface area contributed by atoms with Gasteiger partial charge in [0.2, 0.25) is 0 Å². The van der Waals surface area contributed by atoms with Crippen molar-refractivity contribution in [3.63, 3.8) is 0 Å². The first-order valence-corrected chi connectivity index (χ1v) is 5.77. The van der Waals surface area contributed by atoms with E-state index in [2.05, 4.69) is 32.9 Å². The summed E-state index contributed by atoms with van der Waals surface area (Å²) in [5.41, 5.74) is 3.30. The smallest absolute Gasteiger partial charge is 0.122 e. The predicted molar refractivity (Wildman–Crippen MR) is 67.2 cm³/mol. The predicted octanol–water partition coefficient (Wildman–Crippen LogP) is 2.97. The van der Waals surface area contributed by atoms with Crippen molar-refractivity contribution in [2.45, 2.75) is 40.0 Å². The first kappa shape index (κ1) is 13.0. The Kier molecular flexibility index (Phi) is 3.98. The largest absolute Gasteiger partial charge is 0.494 e. The molecule has 0 saturated carbocycles. The Morgan fingerprint density at radius 3 is 2.31 bits per heavy atom. The first-order valence-electron chi connectivity index (χ1n) is 5.77. The molecule has 0 aliphatic rings. The van der Waals surface area contributed by atoms with E-state index in [-0.39, 0.29) is 12.0 Å². The second-order valence-corrected chi connectivity index (χ2v) is 4.91. The van der Waals surface area contributed by atoms with Gasteiger partial charge in [0.25, 0.3) is 0 Å². The Labute approximate surface area is 98.3 Å². The molecule has 0 spiro atoms. The summed E-state index contributed by atoms with van der Waals surface area (Å²) in [5, 5.41) is 9.40. The van der Waals surface area contributed by atoms with E-state index in [1.54, 1.807) is 0 Å². The average Bonchev–Trinajstić information content (AvgIpc) is 2.23. The lowest BCUT2D eigenvalue weighted by molar-refractivity contribution is 0.218. The molecule has 0 amide bonds. The Morgan fingerprint density at radius 1 is 1.19 bits per heavy atom. The number of rotatable bonds is 4. The van der Waals surface area contributed by atoms with Crippen LogP contribution in [0, 0.1) is 13.8 Å². The van der Waals surface area contributed by atoms with Crippen molar-refractivity contribution in [2.75, 3.05) is 13.2 Å². The number of ether oxygens (including phenoxy) is 1. The molecule has 16 heavy (non-hydrogen) atoms. The third-order valence-electron chi connectivity index (χ3n) is 2.95. The maximum Gasteiger partial charge on any atom is 0.122 e. The van der Waals surface area contributed by atoms with Gasteiger partial charge in [0.05, 0.1) is 13.2 Å². The number of hydrogen-bond donors (Lipinski definition) is 1. The zero-order valence-electron chi connectivity index (χ0n) is 10.9. The normalized spacial score (nSPS) is 11.6. The maximum absolute atomic E-state index is 9.40. The Balaban J connectivity index is 3.20. The third-order valence-corrected chi connectivity index (χ3v) is 2.95. The van der Waals surface area contributed by atoms with E-state index < -0.39 is 0 Å². The average molecular weight is 222 g/mol. The lowest BCUT2D eigenvalue weighted by Crippen LogP contribution is -2.23. The number of aliphatic hydroxyl groups excluding tert-OH is 1. The molecule has 90 valence electrons. The minimum Gasteiger partial charge on any atom is -0.494 e. The molecule has 0 fully saturated rings. The molecule has 0 heterocycles. The summed E-state index contributed by atoms with van der Waals surface area (Å²) >= 11 is 0.